The first-order valence-electron chi connectivity index (χ1n) is 14.0. The van der Waals surface area contributed by atoms with Gasteiger partial charge in [0.1, 0.15) is 18.7 Å². The summed E-state index contributed by atoms with van der Waals surface area (Å²) in [6, 6.07) is 22.4. The molecule has 220 valence electrons. The average molecular weight is 579 g/mol. The van der Waals surface area contributed by atoms with Gasteiger partial charge in [0.15, 0.2) is 0 Å². The van der Waals surface area contributed by atoms with Crippen LogP contribution in [0.5, 0.6) is 0 Å². The number of para-hydroxylation sites is 2. The van der Waals surface area contributed by atoms with Gasteiger partial charge in [-0.05, 0) is 60.9 Å². The largest absolute Gasteiger partial charge is 0.468 e. The van der Waals surface area contributed by atoms with Gasteiger partial charge in [-0.3, -0.25) is 14.4 Å². The van der Waals surface area contributed by atoms with E-state index in [0.29, 0.717) is 48.6 Å². The fourth-order valence-electron chi connectivity index (χ4n) is 5.14. The normalized spacial score (nSPS) is 12.6. The molecule has 0 aliphatic carbocycles. The van der Waals surface area contributed by atoms with Crippen molar-refractivity contribution in [2.24, 2.45) is 0 Å². The van der Waals surface area contributed by atoms with Crippen molar-refractivity contribution in [3.05, 3.63) is 94.0 Å². The van der Waals surface area contributed by atoms with Crippen molar-refractivity contribution >= 4 is 29.2 Å². The lowest BCUT2D eigenvalue weighted by atomic mass is 9.98. The third kappa shape index (κ3) is 7.30. The summed E-state index contributed by atoms with van der Waals surface area (Å²) >= 11 is 0. The number of amides is 2. The van der Waals surface area contributed by atoms with Gasteiger partial charge in [-0.2, -0.15) is 10.5 Å². The Bertz CT molecular complexity index is 1600. The quantitative estimate of drug-likeness (QED) is 0.381. The number of piperazine rings is 1. The smallest absolute Gasteiger partial charge is 0.325 e. The van der Waals surface area contributed by atoms with Crippen molar-refractivity contribution in [1.82, 2.24) is 9.80 Å². The molecule has 0 atom stereocenters. The van der Waals surface area contributed by atoms with Crippen LogP contribution in [0.2, 0.25) is 0 Å². The van der Waals surface area contributed by atoms with Crippen molar-refractivity contribution < 1.29 is 19.1 Å². The Morgan fingerprint density at radius 1 is 0.907 bits per heavy atom. The maximum Gasteiger partial charge on any atom is 0.325 e. The second-order valence-corrected chi connectivity index (χ2v) is 10.3. The fraction of sp³-hybridized carbons (Fsp3) is 0.303. The second-order valence-electron chi connectivity index (χ2n) is 10.3. The summed E-state index contributed by atoms with van der Waals surface area (Å²) < 4.78 is 4.83. The Hall–Kier alpha value is -5.35. The molecule has 1 N–H and O–H groups in total. The van der Waals surface area contributed by atoms with Gasteiger partial charge in [-0.1, -0.05) is 30.3 Å². The summed E-state index contributed by atoms with van der Waals surface area (Å²) in [5.74, 6) is -1.03. The first kappa shape index (κ1) is 30.6. The van der Waals surface area contributed by atoms with E-state index in [-0.39, 0.29) is 31.4 Å². The SMILES string of the molecule is COC(=O)CN(Cc1cc(C(=O)N2CCN(c3ccccc3C#N)CC2)c(C)cc1C)C(=O)CNc1ccccc1C#N. The summed E-state index contributed by atoms with van der Waals surface area (Å²) in [6.07, 6.45) is 0. The number of rotatable bonds is 9. The number of carbonyl (C=O) groups excluding carboxylic acids is 3. The number of nitrogens with zero attached hydrogens (tertiary/aromatic N) is 5. The molecule has 3 aromatic carbocycles. The maximum atomic E-state index is 13.7. The molecule has 1 aliphatic heterocycles. The Labute approximate surface area is 251 Å². The Kier molecular flexibility index (Phi) is 9.98. The minimum absolute atomic E-state index is 0.0978. The third-order valence-corrected chi connectivity index (χ3v) is 7.58. The summed E-state index contributed by atoms with van der Waals surface area (Å²) in [7, 11) is 1.26. The molecule has 0 bridgehead atoms. The molecule has 3 aromatic rings. The molecule has 1 fully saturated rings. The topological polar surface area (TPSA) is 130 Å². The van der Waals surface area contributed by atoms with Gasteiger partial charge >= 0.3 is 5.97 Å². The number of hydrogen-bond donors (Lipinski definition) is 1. The zero-order chi connectivity index (χ0) is 30.9. The Morgan fingerprint density at radius 3 is 2.23 bits per heavy atom. The third-order valence-electron chi connectivity index (χ3n) is 7.58. The van der Waals surface area contributed by atoms with Crippen LogP contribution in [0, 0.1) is 36.5 Å². The fourth-order valence-corrected chi connectivity index (χ4v) is 5.14. The van der Waals surface area contributed by atoms with E-state index in [2.05, 4.69) is 22.4 Å². The molecular weight excluding hydrogens is 544 g/mol. The zero-order valence-electron chi connectivity index (χ0n) is 24.6. The number of ether oxygens (including phenoxy) is 1. The van der Waals surface area contributed by atoms with E-state index in [4.69, 9.17) is 4.74 Å². The van der Waals surface area contributed by atoms with Crippen molar-refractivity contribution in [2.75, 3.05) is 56.6 Å². The monoisotopic (exact) mass is 578 g/mol. The van der Waals surface area contributed by atoms with E-state index < -0.39 is 5.97 Å². The van der Waals surface area contributed by atoms with Crippen molar-refractivity contribution in [3.63, 3.8) is 0 Å². The molecule has 10 heteroatoms. The lowest BCUT2D eigenvalue weighted by molar-refractivity contribution is -0.146. The van der Waals surface area contributed by atoms with E-state index in [1.807, 2.05) is 38.1 Å². The highest BCUT2D eigenvalue weighted by Crippen LogP contribution is 2.24. The first-order chi connectivity index (χ1) is 20.7. The molecule has 43 heavy (non-hydrogen) atoms. The molecule has 0 spiro atoms. The molecule has 0 saturated carbocycles. The molecule has 4 rings (SSSR count). The van der Waals surface area contributed by atoms with Crippen LogP contribution in [0.4, 0.5) is 11.4 Å². The number of hydrogen-bond acceptors (Lipinski definition) is 8. The van der Waals surface area contributed by atoms with Gasteiger partial charge in [-0.15, -0.1) is 0 Å². The molecular formula is C33H34N6O4. The zero-order valence-corrected chi connectivity index (χ0v) is 24.6. The van der Waals surface area contributed by atoms with Crippen LogP contribution in [-0.2, 0) is 20.9 Å². The van der Waals surface area contributed by atoms with Crippen LogP contribution in [0.3, 0.4) is 0 Å². The molecule has 2 amide bonds. The highest BCUT2D eigenvalue weighted by atomic mass is 16.5. The number of benzene rings is 3. The van der Waals surface area contributed by atoms with Crippen LogP contribution in [0.25, 0.3) is 0 Å². The Morgan fingerprint density at radius 2 is 1.56 bits per heavy atom. The Balaban J connectivity index is 1.49. The van der Waals surface area contributed by atoms with Crippen LogP contribution in [0.15, 0.2) is 60.7 Å². The van der Waals surface area contributed by atoms with Crippen molar-refractivity contribution in [3.8, 4) is 12.1 Å². The number of methoxy groups -OCH3 is 1. The predicted octanol–water partition coefficient (Wildman–Crippen LogP) is 3.62. The molecule has 1 aliphatic rings. The minimum Gasteiger partial charge on any atom is -0.468 e. The van der Waals surface area contributed by atoms with Gasteiger partial charge in [0.2, 0.25) is 5.91 Å². The van der Waals surface area contributed by atoms with E-state index >= 15 is 0 Å². The van der Waals surface area contributed by atoms with Gasteiger partial charge in [0.05, 0.1) is 36.2 Å². The number of anilines is 2. The van der Waals surface area contributed by atoms with Crippen molar-refractivity contribution in [2.45, 2.75) is 20.4 Å². The number of esters is 1. The number of nitrogens with one attached hydrogen (secondary N) is 1. The maximum absolute atomic E-state index is 13.7. The van der Waals surface area contributed by atoms with Crippen molar-refractivity contribution in [1.29, 1.82) is 10.5 Å². The van der Waals surface area contributed by atoms with Gasteiger partial charge in [0.25, 0.3) is 5.91 Å². The molecule has 0 unspecified atom stereocenters. The lowest BCUT2D eigenvalue weighted by Crippen LogP contribution is -2.49. The highest BCUT2D eigenvalue weighted by Gasteiger charge is 2.26. The van der Waals surface area contributed by atoms with E-state index in [1.54, 1.807) is 41.3 Å². The van der Waals surface area contributed by atoms with Crippen LogP contribution in [-0.4, -0.2) is 74.0 Å². The van der Waals surface area contributed by atoms with E-state index in [0.717, 1.165) is 22.4 Å². The molecule has 1 saturated heterocycles. The number of carbonyl (C=O) groups is 3. The van der Waals surface area contributed by atoms with E-state index in [9.17, 15) is 24.9 Å². The molecule has 0 radical (unpaired) electrons. The van der Waals surface area contributed by atoms with Gasteiger partial charge in [0, 0.05) is 38.3 Å². The number of nitriles is 2. The highest BCUT2D eigenvalue weighted by molar-refractivity contribution is 5.96. The van der Waals surface area contributed by atoms with Crippen LogP contribution in [0.1, 0.15) is 38.2 Å². The summed E-state index contributed by atoms with van der Waals surface area (Å²) in [5.41, 5.74) is 5.39. The number of aryl methyl sites for hydroxylation is 2. The standard InChI is InChI=1S/C33H34N6O4/c1-23-16-24(2)28(33(42)38-14-12-37(13-15-38)30-11-7-5-9-26(30)19-35)17-27(23)21-39(22-32(41)43-3)31(40)20-36-29-10-6-4-8-25(29)18-34/h4-11,16-17,36H,12-15,20-22H2,1-3H3. The minimum atomic E-state index is -0.567. The molecule has 10 nitrogen and oxygen atoms in total. The lowest BCUT2D eigenvalue weighted by Gasteiger charge is -2.36. The van der Waals surface area contributed by atoms with Gasteiger partial charge < -0.3 is 24.8 Å². The molecule has 1 heterocycles. The first-order valence-corrected chi connectivity index (χ1v) is 14.0. The predicted molar refractivity (Wildman–Crippen MR) is 162 cm³/mol. The summed E-state index contributed by atoms with van der Waals surface area (Å²) in [4.78, 5) is 44.5. The average Bonchev–Trinajstić information content (AvgIpc) is 3.04. The summed E-state index contributed by atoms with van der Waals surface area (Å²) in [6.45, 7) is 5.71. The van der Waals surface area contributed by atoms with Crippen LogP contribution >= 0.6 is 0 Å². The summed E-state index contributed by atoms with van der Waals surface area (Å²) in [5, 5.41) is 21.8. The van der Waals surface area contributed by atoms with Gasteiger partial charge in [-0.25, -0.2) is 0 Å². The second kappa shape index (κ2) is 14.0. The van der Waals surface area contributed by atoms with Crippen LogP contribution < -0.4 is 10.2 Å². The van der Waals surface area contributed by atoms with E-state index in [1.165, 1.54) is 12.0 Å². The molecule has 0 aromatic heterocycles.